The number of unbranched alkanes of at least 4 members (excludes halogenated alkanes) is 1. The summed E-state index contributed by atoms with van der Waals surface area (Å²) in [6, 6.07) is 28.6. The van der Waals surface area contributed by atoms with Crippen LogP contribution in [0.25, 0.3) is 10.6 Å². The van der Waals surface area contributed by atoms with Crippen molar-refractivity contribution in [3.05, 3.63) is 102 Å². The van der Waals surface area contributed by atoms with Gasteiger partial charge in [0, 0.05) is 5.57 Å². The molecule has 30 heavy (non-hydrogen) atoms. The first-order valence-electron chi connectivity index (χ1n) is 10.7. The maximum atomic E-state index is 6.88. The van der Waals surface area contributed by atoms with E-state index >= 15 is 0 Å². The molecule has 0 aromatic heterocycles. The summed E-state index contributed by atoms with van der Waals surface area (Å²) < 4.78 is 5.92. The Morgan fingerprint density at radius 3 is 1.97 bits per heavy atom. The largest absolute Gasteiger partial charge is 0.494 e. The molecule has 0 saturated carbocycles. The van der Waals surface area contributed by atoms with Crippen molar-refractivity contribution in [1.82, 2.24) is 5.32 Å². The summed E-state index contributed by atoms with van der Waals surface area (Å²) in [4.78, 5) is 0. The van der Waals surface area contributed by atoms with Crippen LogP contribution < -0.4 is 10.1 Å². The monoisotopic (exact) mass is 419 g/mol. The molecule has 0 amide bonds. The Morgan fingerprint density at radius 2 is 1.33 bits per heavy atom. The Bertz CT molecular complexity index is 905. The van der Waals surface area contributed by atoms with E-state index in [-0.39, 0.29) is 0 Å². The van der Waals surface area contributed by atoms with Crippen molar-refractivity contribution < 1.29 is 4.74 Å². The molecule has 3 aromatic rings. The van der Waals surface area contributed by atoms with E-state index < -0.39 is 0 Å². The van der Waals surface area contributed by atoms with Gasteiger partial charge in [-0.05, 0) is 61.2 Å². The molecule has 0 spiro atoms. The Labute approximate surface area is 185 Å². The highest BCUT2D eigenvalue weighted by atomic mass is 35.5. The SMILES string of the molecule is CCCNCCCCOc1ccc(C(=C(Cl)c2ccccc2)c2ccccc2)cc1. The summed E-state index contributed by atoms with van der Waals surface area (Å²) in [6.45, 7) is 5.06. The van der Waals surface area contributed by atoms with Crippen molar-refractivity contribution in [2.45, 2.75) is 26.2 Å². The summed E-state index contributed by atoms with van der Waals surface area (Å²) in [5.74, 6) is 0.892. The highest BCUT2D eigenvalue weighted by Crippen LogP contribution is 2.35. The predicted octanol–water partition coefficient (Wildman–Crippen LogP) is 7.00. The van der Waals surface area contributed by atoms with E-state index in [1.165, 1.54) is 6.42 Å². The molecule has 0 heterocycles. The number of benzene rings is 3. The standard InChI is InChI=1S/C27H30ClNO/c1-2-19-29-20-9-10-21-30-25-17-15-23(16-18-25)26(22-11-5-3-6-12-22)27(28)24-13-7-4-8-14-24/h3-8,11-18,29H,2,9-10,19-21H2,1H3. The van der Waals surface area contributed by atoms with Gasteiger partial charge >= 0.3 is 0 Å². The van der Waals surface area contributed by atoms with Gasteiger partial charge in [-0.15, -0.1) is 0 Å². The van der Waals surface area contributed by atoms with Crippen molar-refractivity contribution in [3.63, 3.8) is 0 Å². The number of rotatable bonds is 11. The maximum absolute atomic E-state index is 6.88. The second-order valence-electron chi connectivity index (χ2n) is 7.25. The molecule has 0 saturated heterocycles. The van der Waals surface area contributed by atoms with Crippen LogP contribution in [-0.4, -0.2) is 19.7 Å². The van der Waals surface area contributed by atoms with E-state index in [4.69, 9.17) is 16.3 Å². The van der Waals surface area contributed by atoms with Crippen LogP contribution >= 0.6 is 11.6 Å². The van der Waals surface area contributed by atoms with E-state index in [1.807, 2.05) is 60.7 Å². The molecule has 0 atom stereocenters. The van der Waals surface area contributed by atoms with Gasteiger partial charge < -0.3 is 10.1 Å². The van der Waals surface area contributed by atoms with Gasteiger partial charge in [-0.3, -0.25) is 0 Å². The predicted molar refractivity (Wildman–Crippen MR) is 129 cm³/mol. The third kappa shape index (κ3) is 6.48. The fraction of sp³-hybridized carbons (Fsp3) is 0.259. The molecule has 3 aromatic carbocycles. The lowest BCUT2D eigenvalue weighted by Gasteiger charge is -2.13. The van der Waals surface area contributed by atoms with Crippen LogP contribution in [0.3, 0.4) is 0 Å². The van der Waals surface area contributed by atoms with Crippen LogP contribution in [0.15, 0.2) is 84.9 Å². The second-order valence-corrected chi connectivity index (χ2v) is 7.63. The maximum Gasteiger partial charge on any atom is 0.119 e. The van der Waals surface area contributed by atoms with Crippen LogP contribution in [0.5, 0.6) is 5.75 Å². The molecule has 0 aliphatic rings. The zero-order valence-corrected chi connectivity index (χ0v) is 18.4. The molecule has 3 heteroatoms. The van der Waals surface area contributed by atoms with Gasteiger partial charge in [0.25, 0.3) is 0 Å². The molecular weight excluding hydrogens is 390 g/mol. The first kappa shape index (κ1) is 22.1. The Morgan fingerprint density at radius 1 is 0.733 bits per heavy atom. The first-order chi connectivity index (χ1) is 14.8. The number of hydrogen-bond acceptors (Lipinski definition) is 2. The minimum atomic E-state index is 0.735. The summed E-state index contributed by atoms with van der Waals surface area (Å²) in [5.41, 5.74) is 4.21. The molecule has 3 rings (SSSR count). The average Bonchev–Trinajstić information content (AvgIpc) is 2.81. The number of nitrogens with one attached hydrogen (secondary N) is 1. The van der Waals surface area contributed by atoms with E-state index in [0.717, 1.165) is 65.6 Å². The van der Waals surface area contributed by atoms with E-state index in [2.05, 4.69) is 36.5 Å². The first-order valence-corrected chi connectivity index (χ1v) is 11.1. The van der Waals surface area contributed by atoms with Gasteiger partial charge in [0.2, 0.25) is 0 Å². The fourth-order valence-corrected chi connectivity index (χ4v) is 3.66. The topological polar surface area (TPSA) is 21.3 Å². The van der Waals surface area contributed by atoms with Crippen molar-refractivity contribution in [2.24, 2.45) is 0 Å². The highest BCUT2D eigenvalue weighted by Gasteiger charge is 2.12. The molecule has 0 unspecified atom stereocenters. The normalized spacial score (nSPS) is 11.8. The Balaban J connectivity index is 1.72. The number of hydrogen-bond donors (Lipinski definition) is 1. The quantitative estimate of drug-likeness (QED) is 0.267. The molecule has 0 aliphatic heterocycles. The van der Waals surface area contributed by atoms with Crippen molar-refractivity contribution >= 4 is 22.2 Å². The zero-order chi connectivity index (χ0) is 21.0. The minimum Gasteiger partial charge on any atom is -0.494 e. The third-order valence-corrected chi connectivity index (χ3v) is 5.30. The smallest absolute Gasteiger partial charge is 0.119 e. The molecule has 156 valence electrons. The molecule has 0 aliphatic carbocycles. The lowest BCUT2D eigenvalue weighted by molar-refractivity contribution is 0.306. The highest BCUT2D eigenvalue weighted by molar-refractivity contribution is 6.53. The van der Waals surface area contributed by atoms with Gasteiger partial charge in [0.05, 0.1) is 11.6 Å². The minimum absolute atomic E-state index is 0.735. The summed E-state index contributed by atoms with van der Waals surface area (Å²) >= 11 is 6.88. The molecule has 0 radical (unpaired) electrons. The van der Waals surface area contributed by atoms with Crippen molar-refractivity contribution in [2.75, 3.05) is 19.7 Å². The molecule has 1 N–H and O–H groups in total. The van der Waals surface area contributed by atoms with Gasteiger partial charge in [0.15, 0.2) is 0 Å². The van der Waals surface area contributed by atoms with E-state index in [1.54, 1.807) is 0 Å². The molecule has 0 bridgehead atoms. The summed E-state index contributed by atoms with van der Waals surface area (Å²) in [6.07, 6.45) is 3.36. The zero-order valence-electron chi connectivity index (χ0n) is 17.6. The van der Waals surface area contributed by atoms with Gasteiger partial charge in [-0.2, -0.15) is 0 Å². The van der Waals surface area contributed by atoms with Gasteiger partial charge in [-0.25, -0.2) is 0 Å². The number of ether oxygens (including phenoxy) is 1. The molecular formula is C27H30ClNO. The van der Waals surface area contributed by atoms with Crippen LogP contribution in [0.4, 0.5) is 0 Å². The summed E-state index contributed by atoms with van der Waals surface area (Å²) in [7, 11) is 0. The van der Waals surface area contributed by atoms with Crippen LogP contribution in [-0.2, 0) is 0 Å². The molecule has 2 nitrogen and oxygen atoms in total. The van der Waals surface area contributed by atoms with E-state index in [9.17, 15) is 0 Å². The van der Waals surface area contributed by atoms with Crippen LogP contribution in [0, 0.1) is 0 Å². The Kier molecular flexibility index (Phi) is 9.02. The van der Waals surface area contributed by atoms with Crippen molar-refractivity contribution in [3.8, 4) is 5.75 Å². The third-order valence-electron chi connectivity index (χ3n) is 4.90. The lowest BCUT2D eigenvalue weighted by Crippen LogP contribution is -2.16. The average molecular weight is 420 g/mol. The van der Waals surface area contributed by atoms with Gasteiger partial charge in [-0.1, -0.05) is 91.3 Å². The van der Waals surface area contributed by atoms with Gasteiger partial charge in [0.1, 0.15) is 5.75 Å². The Hall–Kier alpha value is -2.55. The molecule has 0 fully saturated rings. The fourth-order valence-electron chi connectivity index (χ4n) is 3.32. The van der Waals surface area contributed by atoms with Crippen molar-refractivity contribution in [1.29, 1.82) is 0 Å². The lowest BCUT2D eigenvalue weighted by atomic mass is 9.95. The second kappa shape index (κ2) is 12.2. The van der Waals surface area contributed by atoms with Crippen LogP contribution in [0.1, 0.15) is 42.9 Å². The number of halogens is 1. The summed E-state index contributed by atoms with van der Waals surface area (Å²) in [5, 5.41) is 4.17. The van der Waals surface area contributed by atoms with Crippen LogP contribution in [0.2, 0.25) is 0 Å². The van der Waals surface area contributed by atoms with E-state index in [0.29, 0.717) is 0 Å².